The Bertz CT molecular complexity index is 493. The van der Waals surface area contributed by atoms with Crippen LogP contribution in [0.5, 0.6) is 0 Å². The normalized spacial score (nSPS) is 17.9. The van der Waals surface area contributed by atoms with Gasteiger partial charge in [-0.1, -0.05) is 18.9 Å². The molecule has 2 nitrogen and oxygen atoms in total. The third kappa shape index (κ3) is 2.38. The predicted molar refractivity (Wildman–Crippen MR) is 60.6 cm³/mol. The number of benzene rings is 1. The monoisotopic (exact) mass is 262 g/mol. The molecule has 0 heterocycles. The Kier molecular flexibility index (Phi) is 3.22. The Hall–Kier alpha value is -0.610. The van der Waals surface area contributed by atoms with E-state index in [9.17, 15) is 12.8 Å². The fourth-order valence-corrected chi connectivity index (χ4v) is 3.13. The van der Waals surface area contributed by atoms with Crippen LogP contribution in [0.3, 0.4) is 0 Å². The molecule has 0 atom stereocenters. The van der Waals surface area contributed by atoms with E-state index in [2.05, 4.69) is 0 Å². The van der Waals surface area contributed by atoms with Crippen LogP contribution in [-0.2, 0) is 9.05 Å². The van der Waals surface area contributed by atoms with Gasteiger partial charge in [-0.2, -0.15) is 0 Å². The summed E-state index contributed by atoms with van der Waals surface area (Å²) in [6.45, 7) is 0. The van der Waals surface area contributed by atoms with Crippen molar-refractivity contribution in [3.8, 4) is 0 Å². The molecular weight excluding hydrogens is 251 g/mol. The molecule has 0 amide bonds. The van der Waals surface area contributed by atoms with Gasteiger partial charge in [-0.25, -0.2) is 12.8 Å². The average Bonchev–Trinajstić information content (AvgIpc) is 2.68. The Labute approximate surface area is 98.8 Å². The van der Waals surface area contributed by atoms with Gasteiger partial charge < -0.3 is 0 Å². The number of halogens is 2. The topological polar surface area (TPSA) is 34.1 Å². The predicted octanol–water partition coefficient (Wildman–Crippen LogP) is 3.41. The molecule has 0 bridgehead atoms. The highest BCUT2D eigenvalue weighted by Crippen LogP contribution is 2.35. The average molecular weight is 263 g/mol. The van der Waals surface area contributed by atoms with Crippen molar-refractivity contribution < 1.29 is 12.8 Å². The van der Waals surface area contributed by atoms with Crippen LogP contribution in [0.1, 0.15) is 37.2 Å². The highest BCUT2D eigenvalue weighted by atomic mass is 35.7. The van der Waals surface area contributed by atoms with Crippen molar-refractivity contribution >= 4 is 19.7 Å². The van der Waals surface area contributed by atoms with Crippen molar-refractivity contribution in [2.24, 2.45) is 0 Å². The third-order valence-corrected chi connectivity index (χ3v) is 4.40. The molecule has 0 spiro atoms. The highest BCUT2D eigenvalue weighted by molar-refractivity contribution is 8.13. The lowest BCUT2D eigenvalue weighted by atomic mass is 9.98. The second kappa shape index (κ2) is 4.34. The van der Waals surface area contributed by atoms with E-state index in [-0.39, 0.29) is 0 Å². The summed E-state index contributed by atoms with van der Waals surface area (Å²) in [4.78, 5) is -0.434. The van der Waals surface area contributed by atoms with Gasteiger partial charge in [0.05, 0.1) is 0 Å². The molecule has 0 aliphatic heterocycles. The molecule has 0 unspecified atom stereocenters. The van der Waals surface area contributed by atoms with Crippen molar-refractivity contribution in [1.29, 1.82) is 0 Å². The second-order valence-electron chi connectivity index (χ2n) is 4.11. The van der Waals surface area contributed by atoms with Gasteiger partial charge in [-0.05, 0) is 36.5 Å². The van der Waals surface area contributed by atoms with Crippen molar-refractivity contribution in [2.75, 3.05) is 0 Å². The number of hydrogen-bond acceptors (Lipinski definition) is 2. The molecule has 1 aliphatic rings. The minimum absolute atomic E-state index is 0.363. The van der Waals surface area contributed by atoms with Gasteiger partial charge in [-0.3, -0.25) is 0 Å². The van der Waals surface area contributed by atoms with Crippen molar-refractivity contribution in [3.05, 3.63) is 29.6 Å². The quantitative estimate of drug-likeness (QED) is 0.766. The van der Waals surface area contributed by atoms with E-state index in [1.807, 2.05) is 0 Å². The fraction of sp³-hybridized carbons (Fsp3) is 0.455. The molecule has 1 aromatic rings. The Morgan fingerprint density at radius 2 is 1.88 bits per heavy atom. The summed E-state index contributed by atoms with van der Waals surface area (Å²) in [5, 5.41) is 0. The van der Waals surface area contributed by atoms with Crippen molar-refractivity contribution in [1.82, 2.24) is 0 Å². The zero-order valence-corrected chi connectivity index (χ0v) is 10.2. The van der Waals surface area contributed by atoms with E-state index in [4.69, 9.17) is 10.7 Å². The van der Waals surface area contributed by atoms with Crippen LogP contribution >= 0.6 is 10.7 Å². The van der Waals surface area contributed by atoms with Gasteiger partial charge in [-0.15, -0.1) is 0 Å². The lowest BCUT2D eigenvalue weighted by molar-refractivity contribution is 0.571. The Balaban J connectivity index is 2.36. The smallest absolute Gasteiger partial charge is 0.207 e. The van der Waals surface area contributed by atoms with Gasteiger partial charge in [0.1, 0.15) is 10.7 Å². The Morgan fingerprint density at radius 1 is 1.25 bits per heavy atom. The molecule has 1 aromatic carbocycles. The van der Waals surface area contributed by atoms with Crippen molar-refractivity contribution in [2.45, 2.75) is 36.5 Å². The lowest BCUT2D eigenvalue weighted by Crippen LogP contribution is -1.99. The molecule has 2 rings (SSSR count). The minimum Gasteiger partial charge on any atom is -0.207 e. The summed E-state index contributed by atoms with van der Waals surface area (Å²) in [5.74, 6) is -0.388. The zero-order chi connectivity index (χ0) is 11.8. The first-order chi connectivity index (χ1) is 7.48. The largest absolute Gasteiger partial charge is 0.264 e. The maximum Gasteiger partial charge on any atom is 0.264 e. The van der Waals surface area contributed by atoms with Crippen LogP contribution in [-0.4, -0.2) is 8.42 Å². The summed E-state index contributed by atoms with van der Waals surface area (Å²) < 4.78 is 35.6. The van der Waals surface area contributed by atoms with Crippen LogP contribution < -0.4 is 0 Å². The third-order valence-electron chi connectivity index (χ3n) is 3.05. The first-order valence-corrected chi connectivity index (χ1v) is 7.53. The van der Waals surface area contributed by atoms with Gasteiger partial charge in [0.2, 0.25) is 0 Å². The van der Waals surface area contributed by atoms with Crippen LogP contribution in [0.25, 0.3) is 0 Å². The molecule has 0 N–H and O–H groups in total. The van der Waals surface area contributed by atoms with E-state index in [0.717, 1.165) is 31.2 Å². The van der Waals surface area contributed by atoms with Gasteiger partial charge in [0, 0.05) is 10.7 Å². The van der Waals surface area contributed by atoms with Crippen LogP contribution in [0.15, 0.2) is 23.1 Å². The first-order valence-electron chi connectivity index (χ1n) is 5.22. The summed E-state index contributed by atoms with van der Waals surface area (Å²) in [6.07, 6.45) is 4.41. The molecular formula is C11H12ClFO2S. The molecule has 0 saturated heterocycles. The first kappa shape index (κ1) is 11.9. The van der Waals surface area contributed by atoms with Crippen LogP contribution in [0.2, 0.25) is 0 Å². The summed E-state index contributed by atoms with van der Waals surface area (Å²) >= 11 is 0. The second-order valence-corrected chi connectivity index (χ2v) is 6.64. The van der Waals surface area contributed by atoms with E-state index in [0.29, 0.717) is 5.92 Å². The Morgan fingerprint density at radius 3 is 2.38 bits per heavy atom. The van der Waals surface area contributed by atoms with E-state index >= 15 is 0 Å². The number of rotatable bonds is 2. The molecule has 5 heteroatoms. The zero-order valence-electron chi connectivity index (χ0n) is 8.62. The summed E-state index contributed by atoms with van der Waals surface area (Å²) in [6, 6.07) is 4.21. The van der Waals surface area contributed by atoms with Crippen molar-refractivity contribution in [3.63, 3.8) is 0 Å². The maximum absolute atomic E-state index is 13.5. The minimum atomic E-state index is -3.98. The lowest BCUT2D eigenvalue weighted by Gasteiger charge is -2.10. The highest BCUT2D eigenvalue weighted by Gasteiger charge is 2.21. The van der Waals surface area contributed by atoms with Gasteiger partial charge in [0.25, 0.3) is 9.05 Å². The molecule has 1 fully saturated rings. The van der Waals surface area contributed by atoms with E-state index < -0.39 is 19.8 Å². The van der Waals surface area contributed by atoms with Crippen LogP contribution in [0, 0.1) is 5.82 Å². The maximum atomic E-state index is 13.5. The SMILES string of the molecule is O=S(=O)(Cl)c1ccc(C2CCCC2)cc1F. The molecule has 1 saturated carbocycles. The molecule has 0 aromatic heterocycles. The van der Waals surface area contributed by atoms with Gasteiger partial charge in [0.15, 0.2) is 0 Å². The van der Waals surface area contributed by atoms with Crippen LogP contribution in [0.4, 0.5) is 4.39 Å². The molecule has 1 aliphatic carbocycles. The molecule has 88 valence electrons. The molecule has 0 radical (unpaired) electrons. The summed E-state index contributed by atoms with van der Waals surface area (Å²) in [5.41, 5.74) is 0.874. The standard InChI is InChI=1S/C11H12ClFO2S/c12-16(14,15)11-6-5-9(7-10(11)13)8-3-1-2-4-8/h5-8H,1-4H2. The molecule has 16 heavy (non-hydrogen) atoms. The number of hydrogen-bond donors (Lipinski definition) is 0. The van der Waals surface area contributed by atoms with E-state index in [1.54, 1.807) is 6.07 Å². The fourth-order valence-electron chi connectivity index (χ4n) is 2.23. The summed E-state index contributed by atoms with van der Waals surface area (Å²) in [7, 11) is 1.13. The van der Waals surface area contributed by atoms with E-state index in [1.165, 1.54) is 12.1 Å². The van der Waals surface area contributed by atoms with Gasteiger partial charge >= 0.3 is 0 Å².